The van der Waals surface area contributed by atoms with E-state index < -0.39 is 10.0 Å². The number of ether oxygens (including phenoxy) is 2. The van der Waals surface area contributed by atoms with Crippen LogP contribution < -0.4 is 15.2 Å². The lowest BCUT2D eigenvalue weighted by Gasteiger charge is -2.34. The molecule has 0 saturated carbocycles. The molecule has 6 nitrogen and oxygen atoms in total. The molecule has 0 bridgehead atoms. The molecule has 1 unspecified atom stereocenters. The van der Waals surface area contributed by atoms with E-state index >= 15 is 0 Å². The SMILES string of the molecule is COc1ccc(S(=O)(=O)N2CCCCC2CN)c(OC)c1. The first-order valence-electron chi connectivity index (χ1n) is 6.98. The summed E-state index contributed by atoms with van der Waals surface area (Å²) in [6.45, 7) is 0.830. The first-order chi connectivity index (χ1) is 10.0. The molecule has 1 fully saturated rings. The van der Waals surface area contributed by atoms with E-state index in [-0.39, 0.29) is 16.7 Å². The number of rotatable bonds is 5. The predicted molar refractivity (Wildman–Crippen MR) is 80.1 cm³/mol. The molecule has 1 aliphatic heterocycles. The molecule has 1 saturated heterocycles. The Bertz CT molecular complexity index is 589. The van der Waals surface area contributed by atoms with Crippen molar-refractivity contribution in [3.63, 3.8) is 0 Å². The standard InChI is InChI=1S/C14H22N2O4S/c1-19-12-6-7-14(13(9-12)20-2)21(17,18)16-8-4-3-5-11(16)10-15/h6-7,9,11H,3-5,8,10,15H2,1-2H3. The van der Waals surface area contributed by atoms with Crippen molar-refractivity contribution < 1.29 is 17.9 Å². The molecule has 7 heteroatoms. The topological polar surface area (TPSA) is 81.9 Å². The summed E-state index contributed by atoms with van der Waals surface area (Å²) in [6.07, 6.45) is 2.66. The maximum atomic E-state index is 12.9. The second-order valence-corrected chi connectivity index (χ2v) is 6.88. The Hall–Kier alpha value is -1.31. The molecule has 118 valence electrons. The minimum atomic E-state index is -3.62. The number of benzene rings is 1. The minimum absolute atomic E-state index is 0.143. The van der Waals surface area contributed by atoms with Gasteiger partial charge in [0.05, 0.1) is 14.2 Å². The van der Waals surface area contributed by atoms with Gasteiger partial charge in [-0.1, -0.05) is 6.42 Å². The van der Waals surface area contributed by atoms with Gasteiger partial charge in [0.15, 0.2) is 0 Å². The van der Waals surface area contributed by atoms with Gasteiger partial charge < -0.3 is 15.2 Å². The van der Waals surface area contributed by atoms with Crippen LogP contribution in [0.3, 0.4) is 0 Å². The molecule has 1 aromatic rings. The fraction of sp³-hybridized carbons (Fsp3) is 0.571. The maximum Gasteiger partial charge on any atom is 0.247 e. The van der Waals surface area contributed by atoms with E-state index in [0.717, 1.165) is 19.3 Å². The Morgan fingerprint density at radius 2 is 2.05 bits per heavy atom. The van der Waals surface area contributed by atoms with Crippen LogP contribution in [-0.4, -0.2) is 46.1 Å². The van der Waals surface area contributed by atoms with Crippen LogP contribution in [0.1, 0.15) is 19.3 Å². The fourth-order valence-electron chi connectivity index (χ4n) is 2.64. The zero-order chi connectivity index (χ0) is 15.5. The highest BCUT2D eigenvalue weighted by Gasteiger charge is 2.34. The molecule has 1 heterocycles. The van der Waals surface area contributed by atoms with Gasteiger partial charge in [-0.25, -0.2) is 8.42 Å². The second-order valence-electron chi connectivity index (χ2n) is 5.02. The summed E-state index contributed by atoms with van der Waals surface area (Å²) < 4.78 is 37.6. The van der Waals surface area contributed by atoms with E-state index in [0.29, 0.717) is 18.8 Å². The number of nitrogens with two attached hydrogens (primary N) is 1. The van der Waals surface area contributed by atoms with Gasteiger partial charge in [0.1, 0.15) is 16.4 Å². The fourth-order valence-corrected chi connectivity index (χ4v) is 4.48. The van der Waals surface area contributed by atoms with E-state index in [4.69, 9.17) is 15.2 Å². The van der Waals surface area contributed by atoms with Crippen molar-refractivity contribution in [2.45, 2.75) is 30.2 Å². The van der Waals surface area contributed by atoms with E-state index in [1.54, 1.807) is 12.1 Å². The Morgan fingerprint density at radius 1 is 1.29 bits per heavy atom. The number of piperidine rings is 1. The van der Waals surface area contributed by atoms with Crippen molar-refractivity contribution in [3.8, 4) is 11.5 Å². The summed E-state index contributed by atoms with van der Waals surface area (Å²) in [7, 11) is -0.644. The van der Waals surface area contributed by atoms with Crippen LogP contribution >= 0.6 is 0 Å². The van der Waals surface area contributed by atoms with Crippen LogP contribution in [-0.2, 0) is 10.0 Å². The van der Waals surface area contributed by atoms with Gasteiger partial charge in [-0.2, -0.15) is 4.31 Å². The summed E-state index contributed by atoms with van der Waals surface area (Å²) in [4.78, 5) is 0.158. The van der Waals surface area contributed by atoms with Gasteiger partial charge >= 0.3 is 0 Å². The third-order valence-electron chi connectivity index (χ3n) is 3.80. The number of methoxy groups -OCH3 is 2. The minimum Gasteiger partial charge on any atom is -0.497 e. The lowest BCUT2D eigenvalue weighted by Crippen LogP contribution is -2.47. The molecule has 2 rings (SSSR count). The molecule has 0 aromatic heterocycles. The zero-order valence-electron chi connectivity index (χ0n) is 12.4. The van der Waals surface area contributed by atoms with E-state index in [1.165, 1.54) is 24.6 Å². The molecule has 2 N–H and O–H groups in total. The molecule has 0 aliphatic carbocycles. The Balaban J connectivity index is 2.43. The summed E-state index contributed by atoms with van der Waals surface area (Å²) in [5.74, 6) is 0.843. The van der Waals surface area contributed by atoms with Gasteiger partial charge in [0.25, 0.3) is 0 Å². The van der Waals surface area contributed by atoms with E-state index in [2.05, 4.69) is 0 Å². The quantitative estimate of drug-likeness (QED) is 0.883. The highest BCUT2D eigenvalue weighted by Crippen LogP contribution is 2.33. The molecular formula is C14H22N2O4S. The molecule has 0 spiro atoms. The van der Waals surface area contributed by atoms with Crippen molar-refractivity contribution in [2.75, 3.05) is 27.3 Å². The summed E-state index contributed by atoms with van der Waals surface area (Å²) in [5.41, 5.74) is 5.73. The highest BCUT2D eigenvalue weighted by molar-refractivity contribution is 7.89. The van der Waals surface area contributed by atoms with Gasteiger partial charge in [0.2, 0.25) is 10.0 Å². The van der Waals surface area contributed by atoms with Gasteiger partial charge in [0, 0.05) is 25.2 Å². The van der Waals surface area contributed by atoms with Crippen LogP contribution in [0.15, 0.2) is 23.1 Å². The van der Waals surface area contributed by atoms with Gasteiger partial charge in [-0.15, -0.1) is 0 Å². The molecule has 21 heavy (non-hydrogen) atoms. The Morgan fingerprint density at radius 3 is 2.67 bits per heavy atom. The molecular weight excluding hydrogens is 292 g/mol. The molecule has 1 aliphatic rings. The van der Waals surface area contributed by atoms with Crippen LogP contribution in [0.25, 0.3) is 0 Å². The average Bonchev–Trinajstić information content (AvgIpc) is 2.53. The van der Waals surface area contributed by atoms with Crippen molar-refractivity contribution in [1.82, 2.24) is 4.31 Å². The molecule has 1 aromatic carbocycles. The predicted octanol–water partition coefficient (Wildman–Crippen LogP) is 1.21. The second kappa shape index (κ2) is 6.64. The maximum absolute atomic E-state index is 12.9. The average molecular weight is 314 g/mol. The lowest BCUT2D eigenvalue weighted by atomic mass is 10.1. The van der Waals surface area contributed by atoms with Crippen LogP contribution in [0.2, 0.25) is 0 Å². The van der Waals surface area contributed by atoms with Crippen LogP contribution in [0, 0.1) is 0 Å². The van der Waals surface area contributed by atoms with Crippen molar-refractivity contribution in [2.24, 2.45) is 5.73 Å². The first-order valence-corrected chi connectivity index (χ1v) is 8.42. The van der Waals surface area contributed by atoms with Gasteiger partial charge in [-0.05, 0) is 25.0 Å². The zero-order valence-corrected chi connectivity index (χ0v) is 13.2. The molecule has 0 amide bonds. The number of sulfonamides is 1. The van der Waals surface area contributed by atoms with Crippen molar-refractivity contribution >= 4 is 10.0 Å². The Kier molecular flexibility index (Phi) is 5.08. The molecule has 1 atom stereocenters. The summed E-state index contributed by atoms with van der Waals surface area (Å²) in [5, 5.41) is 0. The summed E-state index contributed by atoms with van der Waals surface area (Å²) >= 11 is 0. The molecule has 0 radical (unpaired) electrons. The van der Waals surface area contributed by atoms with Crippen LogP contribution in [0.4, 0.5) is 0 Å². The van der Waals surface area contributed by atoms with Gasteiger partial charge in [-0.3, -0.25) is 0 Å². The normalized spacial score (nSPS) is 20.2. The monoisotopic (exact) mass is 314 g/mol. The van der Waals surface area contributed by atoms with E-state index in [1.807, 2.05) is 0 Å². The van der Waals surface area contributed by atoms with Crippen molar-refractivity contribution in [1.29, 1.82) is 0 Å². The highest BCUT2D eigenvalue weighted by atomic mass is 32.2. The van der Waals surface area contributed by atoms with E-state index in [9.17, 15) is 8.42 Å². The smallest absolute Gasteiger partial charge is 0.247 e. The third-order valence-corrected chi connectivity index (χ3v) is 5.79. The largest absolute Gasteiger partial charge is 0.497 e. The Labute approximate surface area is 125 Å². The number of hydrogen-bond donors (Lipinski definition) is 1. The number of nitrogens with zero attached hydrogens (tertiary/aromatic N) is 1. The first kappa shape index (κ1) is 16.1. The number of hydrogen-bond acceptors (Lipinski definition) is 5. The lowest BCUT2D eigenvalue weighted by molar-refractivity contribution is 0.256. The summed E-state index contributed by atoms with van der Waals surface area (Å²) in [6, 6.07) is 4.58. The van der Waals surface area contributed by atoms with Crippen LogP contribution in [0.5, 0.6) is 11.5 Å². The third kappa shape index (κ3) is 3.14. The van der Waals surface area contributed by atoms with Crippen molar-refractivity contribution in [3.05, 3.63) is 18.2 Å².